The highest BCUT2D eigenvalue weighted by molar-refractivity contribution is 7.26. The molecule has 0 saturated heterocycles. The Hall–Kier alpha value is -6.23. The molecule has 230 valence electrons. The number of hydrogen-bond acceptors (Lipinski definition) is 4. The first kappa shape index (κ1) is 19.6. The van der Waals surface area contributed by atoms with Crippen LogP contribution in [0.1, 0.15) is 15.1 Å². The third-order valence-corrected chi connectivity index (χ3v) is 9.18. The minimum absolute atomic E-state index is 0.000784. The maximum Gasteiger partial charge on any atom is 0.164 e. The third kappa shape index (κ3) is 5.58. The van der Waals surface area contributed by atoms with E-state index in [-0.39, 0.29) is 66.4 Å². The number of aromatic nitrogens is 3. The van der Waals surface area contributed by atoms with Gasteiger partial charge in [0.15, 0.2) is 17.5 Å². The lowest BCUT2D eigenvalue weighted by molar-refractivity contribution is 1.07. The lowest BCUT2D eigenvalue weighted by Gasteiger charge is -2.12. The van der Waals surface area contributed by atoms with Crippen molar-refractivity contribution in [1.82, 2.24) is 15.0 Å². The van der Waals surface area contributed by atoms with Gasteiger partial charge in [-0.05, 0) is 57.6 Å². The number of benzene rings is 7. The third-order valence-electron chi connectivity index (χ3n) is 8.16. The van der Waals surface area contributed by atoms with E-state index in [4.69, 9.17) is 27.3 Å². The first-order valence-corrected chi connectivity index (χ1v) is 16.3. The molecule has 0 spiro atoms. The lowest BCUT2D eigenvalue weighted by Crippen LogP contribution is -2.00. The molecule has 0 aliphatic carbocycles. The Kier molecular flexibility index (Phi) is 4.96. The second-order valence-corrected chi connectivity index (χ2v) is 12.2. The molecule has 49 heavy (non-hydrogen) atoms. The summed E-state index contributed by atoms with van der Waals surface area (Å²) in [7, 11) is 0. The maximum absolute atomic E-state index is 9.84. The first-order chi connectivity index (χ1) is 28.8. The zero-order chi connectivity index (χ0) is 42.1. The normalized spacial score (nSPS) is 14.4. The molecule has 0 atom stereocenters. The molecule has 4 heteroatoms. The van der Waals surface area contributed by atoms with Crippen LogP contribution in [0.15, 0.2) is 176 Å². The van der Waals surface area contributed by atoms with Crippen LogP contribution >= 0.6 is 11.3 Å². The monoisotopic (exact) mass is 654 g/mol. The van der Waals surface area contributed by atoms with E-state index in [1.165, 1.54) is 0 Å². The van der Waals surface area contributed by atoms with Gasteiger partial charge in [0.2, 0.25) is 0 Å². The minimum Gasteiger partial charge on any atom is -0.208 e. The van der Waals surface area contributed by atoms with Gasteiger partial charge in [-0.1, -0.05) is 151 Å². The molecule has 0 amide bonds. The van der Waals surface area contributed by atoms with E-state index in [1.807, 2.05) is 109 Å². The van der Waals surface area contributed by atoms with Gasteiger partial charge in [-0.3, -0.25) is 0 Å². The van der Waals surface area contributed by atoms with Gasteiger partial charge in [-0.25, -0.2) is 15.0 Å². The Labute approximate surface area is 304 Å². The summed E-state index contributed by atoms with van der Waals surface area (Å²) < 4.78 is 97.6. The second-order valence-electron chi connectivity index (χ2n) is 11.2. The van der Waals surface area contributed by atoms with Crippen LogP contribution in [0.5, 0.6) is 0 Å². The number of thiophene rings is 1. The summed E-state index contributed by atoms with van der Waals surface area (Å²) in [6, 6.07) is 29.0. The molecule has 9 aromatic rings. The number of nitrogens with zero attached hydrogens (tertiary/aromatic N) is 3. The van der Waals surface area contributed by atoms with Crippen LogP contribution in [0.4, 0.5) is 0 Å². The van der Waals surface area contributed by atoms with Gasteiger partial charge in [0.25, 0.3) is 0 Å². The van der Waals surface area contributed by atoms with Crippen LogP contribution in [0, 0.1) is 0 Å². The number of rotatable bonds is 6. The van der Waals surface area contributed by atoms with Crippen molar-refractivity contribution in [1.29, 1.82) is 0 Å². The van der Waals surface area contributed by atoms with Crippen molar-refractivity contribution in [3.05, 3.63) is 176 Å². The molecular weight excluding hydrogens is 615 g/mol. The quantitative estimate of drug-likeness (QED) is 0.179. The Balaban J connectivity index is 1.38. The minimum atomic E-state index is -0.654. The van der Waals surface area contributed by atoms with Gasteiger partial charge in [0.05, 0.1) is 15.1 Å². The number of fused-ring (bicyclic) bond motifs is 3. The van der Waals surface area contributed by atoms with Crippen molar-refractivity contribution >= 4 is 31.5 Å². The van der Waals surface area contributed by atoms with Crippen molar-refractivity contribution in [3.8, 4) is 67.5 Å². The molecule has 0 aliphatic heterocycles. The highest BCUT2D eigenvalue weighted by atomic mass is 32.1. The molecule has 2 heterocycles. The molecule has 0 saturated carbocycles. The molecular formula is C45H29N3S. The Bertz CT molecular complexity index is 3180. The summed E-state index contributed by atoms with van der Waals surface area (Å²) in [6.07, 6.45) is 0. The van der Waals surface area contributed by atoms with Crippen LogP contribution in [0.25, 0.3) is 87.7 Å². The van der Waals surface area contributed by atoms with Gasteiger partial charge in [-0.2, -0.15) is 0 Å². The summed E-state index contributed by atoms with van der Waals surface area (Å²) in [6.45, 7) is 0. The Morgan fingerprint density at radius 1 is 0.408 bits per heavy atom. The van der Waals surface area contributed by atoms with Gasteiger partial charge in [-0.15, -0.1) is 11.3 Å². The van der Waals surface area contributed by atoms with Crippen molar-refractivity contribution in [2.75, 3.05) is 0 Å². The highest BCUT2D eigenvalue weighted by Crippen LogP contribution is 2.42. The Morgan fingerprint density at radius 2 is 0.959 bits per heavy atom. The van der Waals surface area contributed by atoms with Crippen LogP contribution in [-0.2, 0) is 0 Å². The summed E-state index contributed by atoms with van der Waals surface area (Å²) in [5, 5.41) is -0.0227. The van der Waals surface area contributed by atoms with Crippen LogP contribution < -0.4 is 0 Å². The van der Waals surface area contributed by atoms with Crippen LogP contribution in [-0.4, -0.2) is 15.0 Å². The smallest absolute Gasteiger partial charge is 0.164 e. The van der Waals surface area contributed by atoms with Gasteiger partial charge >= 0.3 is 0 Å². The van der Waals surface area contributed by atoms with Gasteiger partial charge < -0.3 is 0 Å². The molecule has 0 radical (unpaired) electrons. The molecule has 0 bridgehead atoms. The SMILES string of the molecule is [2H]c1c([2H])c([2H])c(-c2c([2H])c(-c3nc(-c4ccc(-c5ccccc5)cc4)nc(-c4cccc(-c5ccccc5)c4)n3)c([2H])c3sc4c([2H])c([2H])c([2H])c([2H])c4c23)c([2H])c1[2H]. The molecule has 0 fully saturated rings. The van der Waals surface area contributed by atoms with Gasteiger partial charge in [0.1, 0.15) is 0 Å². The number of hydrogen-bond donors (Lipinski definition) is 0. The predicted molar refractivity (Wildman–Crippen MR) is 205 cm³/mol. The van der Waals surface area contributed by atoms with Crippen LogP contribution in [0.2, 0.25) is 0 Å². The topological polar surface area (TPSA) is 38.7 Å². The van der Waals surface area contributed by atoms with E-state index in [1.54, 1.807) is 0 Å². The lowest BCUT2D eigenvalue weighted by atomic mass is 9.97. The maximum atomic E-state index is 9.84. The van der Waals surface area contributed by atoms with E-state index in [0.717, 1.165) is 33.6 Å². The highest BCUT2D eigenvalue weighted by Gasteiger charge is 2.18. The van der Waals surface area contributed by atoms with E-state index in [9.17, 15) is 2.74 Å². The molecule has 2 aromatic heterocycles. The van der Waals surface area contributed by atoms with Crippen LogP contribution in [0.3, 0.4) is 0 Å². The standard InChI is InChI=1S/C45H29N3S/c1-4-13-30(14-5-1)32-23-25-34(26-24-32)43-46-44(36-20-12-19-35(27-36)31-15-6-2-7-16-31)48-45(47-43)37-28-39(33-17-8-3-9-18-33)42-38-21-10-11-22-40(38)49-41(42)29-37/h1-29H/i3D,8D,9D,10D,11D,17D,18D,21D,22D,28D,29D. The molecule has 0 unspecified atom stereocenters. The van der Waals surface area contributed by atoms with E-state index in [2.05, 4.69) is 0 Å². The van der Waals surface area contributed by atoms with Crippen molar-refractivity contribution in [2.45, 2.75) is 0 Å². The average molecular weight is 655 g/mol. The molecule has 0 aliphatic rings. The van der Waals surface area contributed by atoms with Crippen molar-refractivity contribution < 1.29 is 15.1 Å². The predicted octanol–water partition coefficient (Wildman–Crippen LogP) is 12.2. The van der Waals surface area contributed by atoms with Gasteiger partial charge in [0, 0.05) is 36.9 Å². The molecule has 7 aromatic carbocycles. The summed E-state index contributed by atoms with van der Waals surface area (Å²) in [4.78, 5) is 14.7. The second kappa shape index (κ2) is 12.4. The van der Waals surface area contributed by atoms with Crippen molar-refractivity contribution in [3.63, 3.8) is 0 Å². The zero-order valence-electron chi connectivity index (χ0n) is 36.6. The molecule has 3 nitrogen and oxygen atoms in total. The van der Waals surface area contributed by atoms with E-state index < -0.39 is 54.4 Å². The summed E-state index contributed by atoms with van der Waals surface area (Å²) >= 11 is 0.896. The summed E-state index contributed by atoms with van der Waals surface area (Å²) in [5.74, 6) is 0.341. The van der Waals surface area contributed by atoms with Crippen molar-refractivity contribution in [2.24, 2.45) is 0 Å². The Morgan fingerprint density at radius 3 is 1.69 bits per heavy atom. The molecule has 0 N–H and O–H groups in total. The largest absolute Gasteiger partial charge is 0.208 e. The summed E-state index contributed by atoms with van der Waals surface area (Å²) in [5.41, 5.74) is 4.33. The van der Waals surface area contributed by atoms with E-state index >= 15 is 0 Å². The van der Waals surface area contributed by atoms with E-state index in [0.29, 0.717) is 11.1 Å². The average Bonchev–Trinajstić information content (AvgIpc) is 3.69. The first-order valence-electron chi connectivity index (χ1n) is 21.0. The fourth-order valence-corrected chi connectivity index (χ4v) is 6.83. The fraction of sp³-hybridized carbons (Fsp3) is 0. The fourth-order valence-electron chi connectivity index (χ4n) is 5.81. The molecule has 9 rings (SSSR count). The zero-order valence-corrected chi connectivity index (χ0v) is 26.5.